The molecule has 4 heterocycles. The summed E-state index contributed by atoms with van der Waals surface area (Å²) in [5.41, 5.74) is 20.4. The number of thiophene rings is 2. The van der Waals surface area contributed by atoms with E-state index in [-0.39, 0.29) is 29.1 Å². The number of rotatable bonds is 20. The fourth-order valence-corrected chi connectivity index (χ4v) is 17.0. The zero-order valence-corrected chi connectivity index (χ0v) is 82.9. The molecule has 0 aliphatic carbocycles. The van der Waals surface area contributed by atoms with Crippen molar-refractivity contribution in [1.82, 2.24) is 4.98 Å². The summed E-state index contributed by atoms with van der Waals surface area (Å²) in [5, 5.41) is 9.70. The van der Waals surface area contributed by atoms with E-state index in [1.54, 1.807) is 17.4 Å². The predicted molar refractivity (Wildman–Crippen MR) is 568 cm³/mol. The minimum absolute atomic E-state index is 0.0908. The summed E-state index contributed by atoms with van der Waals surface area (Å²) in [6.45, 7) is 32.9. The van der Waals surface area contributed by atoms with Crippen molar-refractivity contribution in [2.45, 2.75) is 158 Å². The third-order valence-corrected chi connectivity index (χ3v) is 25.8. The van der Waals surface area contributed by atoms with E-state index >= 15 is 0 Å². The number of aromatic nitrogens is 1. The maximum atomic E-state index is 13.9. The summed E-state index contributed by atoms with van der Waals surface area (Å²) in [6.07, 6.45) is 0.964. The van der Waals surface area contributed by atoms with Gasteiger partial charge in [-0.1, -0.05) is 387 Å². The molecule has 684 valence electrons. The van der Waals surface area contributed by atoms with Crippen molar-refractivity contribution < 1.29 is 28.3 Å². The number of ketones is 3. The first kappa shape index (κ1) is 102. The fraction of sp³-hybridized carbons (Fsp3) is 0.200. The van der Waals surface area contributed by atoms with Crippen LogP contribution >= 0.6 is 57.5 Å². The number of aromatic amines is 1. The minimum Gasteiger partial charge on any atom is -0.457 e. The van der Waals surface area contributed by atoms with Crippen molar-refractivity contribution in [3.05, 3.63) is 477 Å². The minimum atomic E-state index is -0.141. The van der Waals surface area contributed by atoms with E-state index in [9.17, 15) is 23.6 Å². The first-order valence-corrected chi connectivity index (χ1v) is 48.6. The Morgan fingerprint density at radius 1 is 0.396 bits per heavy atom. The molecule has 3 aromatic heterocycles. The Morgan fingerprint density at radius 3 is 1.46 bits per heavy atom. The van der Waals surface area contributed by atoms with Gasteiger partial charge < -0.3 is 19.9 Å². The SMILES string of the molecule is CC(C)c1ccc(-c2ccccc2)c(F)c1.CC(C)c1ccc(C(=O)c2ccccc2)s1.CC(C)c1ccc(C(=O)c2cccs2)cc1.CC(C)c1ccc(N2Cc3ccccc3C2=O)cc1.CC(C)c1ccc2c(c1)[nH]c1ccc(Cl)cc12.CC(C)c1cccc(C(=O)c2ccccc2)c1.CC(C)c1cccc(Oc2ccccc2)c1.CCc1ccccc1Nc1c(Cl)cccc1Cl. The molecule has 14 heteroatoms. The maximum absolute atomic E-state index is 13.9. The maximum Gasteiger partial charge on any atom is 0.258 e. The van der Waals surface area contributed by atoms with Gasteiger partial charge in [0.2, 0.25) is 11.6 Å². The summed E-state index contributed by atoms with van der Waals surface area (Å²) in [6, 6.07) is 118. The molecule has 0 fully saturated rings. The molecule has 0 radical (unpaired) electrons. The van der Waals surface area contributed by atoms with Gasteiger partial charge in [-0.05, 0) is 219 Å². The standard InChI is InChI=1S/C17H17NO.C16H16O.C15H14ClN.C15H15F.C15H16O.C14H13Cl2N.2C14H14OS/c1-12(2)13-7-9-15(10-8-13)18-11-14-5-3-4-6-16(14)17(18)19;1-12(2)14-9-6-10-15(11-14)16(17)13-7-4-3-5-8-13;1-9(2)10-3-5-12-13-8-11(16)4-6-14(13)17-15(12)7-10;1-11(2)13-8-9-14(15(16)10-13)12-6-4-3-5-7-12;1-12(2)13-7-6-10-15(11-13)16-14-8-4-3-5-9-14;1-2-10-6-3-4-9-13(10)17-14-11(15)7-5-8-12(14)16;1-10(2)11-5-7-12(8-6-11)14(15)13-4-3-9-16-13;1-10(2)12-8-9-13(16-12)14(15)11-6-4-3-5-7-11/h3-10,12H,11H2,1-2H3;3-12H,1-2H3;3-9,17H,1-2H3;3-11H,1-2H3;3-12H,1-2H3;3-9,17H,2H2,1H3;2*3-10H,1-2H3. The number of aryl methyl sites for hydroxylation is 1. The predicted octanol–water partition coefficient (Wildman–Crippen LogP) is 35.8. The zero-order valence-electron chi connectivity index (χ0n) is 79.0. The molecule has 0 unspecified atom stereocenters. The molecule has 2 N–H and O–H groups in total. The topological polar surface area (TPSA) is 109 Å². The number of carbonyl (C=O) groups is 4. The highest BCUT2D eigenvalue weighted by molar-refractivity contribution is 7.14. The van der Waals surface area contributed by atoms with Gasteiger partial charge in [-0.25, -0.2) is 4.39 Å². The van der Waals surface area contributed by atoms with Crippen LogP contribution in [0.1, 0.15) is 251 Å². The Kier molecular flexibility index (Phi) is 38.2. The average Bonchev–Trinajstić information content (AvgIpc) is 1.44. The zero-order chi connectivity index (χ0) is 95.9. The van der Waals surface area contributed by atoms with Gasteiger partial charge in [0.25, 0.3) is 5.91 Å². The van der Waals surface area contributed by atoms with Gasteiger partial charge >= 0.3 is 0 Å². The number of benzene rings is 14. The highest BCUT2D eigenvalue weighted by Gasteiger charge is 2.28. The molecule has 0 bridgehead atoms. The lowest BCUT2D eigenvalue weighted by molar-refractivity contribution is 0.0993. The third kappa shape index (κ3) is 28.8. The number of amides is 1. The number of hydrogen-bond acceptors (Lipinski definition) is 8. The second-order valence-electron chi connectivity index (χ2n) is 34.8. The Morgan fingerprint density at radius 2 is 0.888 bits per heavy atom. The van der Waals surface area contributed by atoms with Crippen LogP contribution in [0.15, 0.2) is 369 Å². The second kappa shape index (κ2) is 50.3. The van der Waals surface area contributed by atoms with Gasteiger partial charge in [-0.2, -0.15) is 0 Å². The summed E-state index contributed by atoms with van der Waals surface area (Å²) >= 11 is 21.4. The van der Waals surface area contributed by atoms with Crippen LogP contribution in [0.3, 0.4) is 0 Å². The van der Waals surface area contributed by atoms with Gasteiger partial charge in [0, 0.05) is 76.5 Å². The molecule has 1 aliphatic rings. The van der Waals surface area contributed by atoms with Crippen molar-refractivity contribution in [2.24, 2.45) is 0 Å². The number of para-hydroxylation sites is 3. The molecule has 0 spiro atoms. The lowest BCUT2D eigenvalue weighted by Gasteiger charge is -2.16. The number of anilines is 3. The molecule has 17 aromatic rings. The van der Waals surface area contributed by atoms with Crippen LogP contribution in [0.2, 0.25) is 15.1 Å². The Hall–Kier alpha value is -12.8. The van der Waals surface area contributed by atoms with Crippen molar-refractivity contribution in [3.63, 3.8) is 0 Å². The van der Waals surface area contributed by atoms with Crippen molar-refractivity contribution in [2.75, 3.05) is 10.2 Å². The van der Waals surface area contributed by atoms with Crippen LogP contribution in [0.25, 0.3) is 32.9 Å². The quantitative estimate of drug-likeness (QED) is 0.0736. The van der Waals surface area contributed by atoms with E-state index < -0.39 is 0 Å². The van der Waals surface area contributed by atoms with E-state index in [1.165, 1.54) is 65.9 Å². The van der Waals surface area contributed by atoms with E-state index in [0.29, 0.717) is 63.6 Å². The van der Waals surface area contributed by atoms with Gasteiger partial charge in [-0.15, -0.1) is 22.7 Å². The van der Waals surface area contributed by atoms with E-state index in [0.717, 1.165) is 99.8 Å². The number of carbonyl (C=O) groups excluding carboxylic acids is 4. The number of H-pyrrole nitrogens is 1. The molecular formula is C120H119Cl3FN3O5S2. The van der Waals surface area contributed by atoms with Crippen molar-refractivity contribution in [1.29, 1.82) is 0 Å². The lowest BCUT2D eigenvalue weighted by Crippen LogP contribution is -2.22. The number of hydrogen-bond donors (Lipinski definition) is 2. The Bertz CT molecular complexity index is 6610. The lowest BCUT2D eigenvalue weighted by atomic mass is 9.97. The number of ether oxygens (including phenoxy) is 1. The number of nitrogens with one attached hydrogen (secondary N) is 2. The average molecular weight is 1870 g/mol. The van der Waals surface area contributed by atoms with Crippen LogP contribution in [0.5, 0.6) is 11.5 Å². The van der Waals surface area contributed by atoms with Crippen LogP contribution < -0.4 is 15.0 Å². The largest absolute Gasteiger partial charge is 0.457 e. The summed E-state index contributed by atoms with van der Waals surface area (Å²) in [4.78, 5) is 56.8. The third-order valence-electron chi connectivity index (χ3n) is 22.7. The second-order valence-corrected chi connectivity index (χ2v) is 38.1. The molecule has 0 saturated heterocycles. The summed E-state index contributed by atoms with van der Waals surface area (Å²) in [7, 11) is 0. The van der Waals surface area contributed by atoms with Gasteiger partial charge in [0.05, 0.1) is 32.0 Å². The van der Waals surface area contributed by atoms with Crippen LogP contribution in [-0.2, 0) is 13.0 Å². The van der Waals surface area contributed by atoms with Gasteiger partial charge in [-0.3, -0.25) is 19.2 Å². The Balaban J connectivity index is 0.000000147. The molecule has 134 heavy (non-hydrogen) atoms. The first-order chi connectivity index (χ1) is 64.5. The number of nitrogens with zero attached hydrogens (tertiary/aromatic N) is 1. The molecule has 0 saturated carbocycles. The highest BCUT2D eigenvalue weighted by atomic mass is 35.5. The fourth-order valence-electron chi connectivity index (χ4n) is 14.6. The molecule has 1 amide bonds. The van der Waals surface area contributed by atoms with Crippen molar-refractivity contribution in [3.8, 4) is 22.6 Å². The molecule has 8 nitrogen and oxygen atoms in total. The molecule has 14 aromatic carbocycles. The highest BCUT2D eigenvalue weighted by Crippen LogP contribution is 2.37. The van der Waals surface area contributed by atoms with Crippen LogP contribution in [0.4, 0.5) is 21.5 Å². The molecule has 18 rings (SSSR count). The molecule has 0 atom stereocenters. The molecule has 1 aliphatic heterocycles. The van der Waals surface area contributed by atoms with E-state index in [4.69, 9.17) is 39.5 Å². The molecular weight excluding hydrogens is 1750 g/mol. The van der Waals surface area contributed by atoms with Crippen LogP contribution in [-0.4, -0.2) is 28.2 Å². The Labute approximate surface area is 814 Å². The summed E-state index contributed by atoms with van der Waals surface area (Å²) in [5.74, 6) is 5.46. The van der Waals surface area contributed by atoms with Crippen molar-refractivity contribution >= 4 is 120 Å². The van der Waals surface area contributed by atoms with Gasteiger partial charge in [0.1, 0.15) is 17.3 Å². The normalized spacial score (nSPS) is 11.2. The van der Waals surface area contributed by atoms with E-state index in [2.05, 4.69) is 169 Å². The summed E-state index contributed by atoms with van der Waals surface area (Å²) < 4.78 is 19.7. The first-order valence-electron chi connectivity index (χ1n) is 45.8. The van der Waals surface area contributed by atoms with E-state index in [1.807, 2.05) is 314 Å². The van der Waals surface area contributed by atoms with Crippen LogP contribution in [0, 0.1) is 5.82 Å². The van der Waals surface area contributed by atoms with Gasteiger partial charge in [0.15, 0.2) is 5.78 Å². The monoisotopic (exact) mass is 1870 g/mol. The smallest absolute Gasteiger partial charge is 0.258 e. The number of halogens is 4. The number of fused-ring (bicyclic) bond motifs is 4.